The highest BCUT2D eigenvalue weighted by molar-refractivity contribution is 6.34. The fraction of sp³-hybridized carbons (Fsp3) is 0.455. The molecule has 1 aliphatic rings. The highest BCUT2D eigenvalue weighted by atomic mass is 35.5. The molecular weight excluding hydrogens is 219 g/mol. The zero-order chi connectivity index (χ0) is 10.5. The van der Waals surface area contributed by atoms with Crippen LogP contribution < -0.4 is 0 Å². The van der Waals surface area contributed by atoms with E-state index in [9.17, 15) is 5.11 Å². The molecule has 2 rings (SSSR count). The van der Waals surface area contributed by atoms with E-state index in [-0.39, 0.29) is 5.41 Å². The van der Waals surface area contributed by atoms with Crippen LogP contribution in [0.15, 0.2) is 12.1 Å². The standard InChI is InChI=1S/C11H12Cl2O/c1-11(2)5-6-7(12)3-4-8(13)9(6)10(11)14/h3-4,10,14H,5H2,1-2H3. The van der Waals surface area contributed by atoms with Gasteiger partial charge < -0.3 is 5.11 Å². The number of halogens is 2. The molecule has 0 aromatic heterocycles. The molecule has 1 atom stereocenters. The molecule has 0 saturated carbocycles. The van der Waals surface area contributed by atoms with Crippen LogP contribution in [0.5, 0.6) is 0 Å². The molecular formula is C11H12Cl2O. The van der Waals surface area contributed by atoms with Gasteiger partial charge in [-0.15, -0.1) is 0 Å². The number of aliphatic hydroxyl groups is 1. The zero-order valence-corrected chi connectivity index (χ0v) is 9.65. The molecule has 1 N–H and O–H groups in total. The van der Waals surface area contributed by atoms with Crippen molar-refractivity contribution in [2.45, 2.75) is 26.4 Å². The Hall–Kier alpha value is -0.240. The third-order valence-electron chi connectivity index (χ3n) is 2.89. The molecule has 1 aliphatic carbocycles. The van der Waals surface area contributed by atoms with Gasteiger partial charge in [-0.2, -0.15) is 0 Å². The van der Waals surface area contributed by atoms with Crippen LogP contribution in [0.1, 0.15) is 31.1 Å². The molecule has 76 valence electrons. The Kier molecular flexibility index (Phi) is 2.30. The lowest BCUT2D eigenvalue weighted by Gasteiger charge is -2.22. The van der Waals surface area contributed by atoms with E-state index in [1.54, 1.807) is 12.1 Å². The lowest BCUT2D eigenvalue weighted by molar-refractivity contribution is 0.0666. The number of benzene rings is 1. The highest BCUT2D eigenvalue weighted by Crippen LogP contribution is 2.49. The van der Waals surface area contributed by atoms with E-state index in [2.05, 4.69) is 0 Å². The number of aliphatic hydroxyl groups excluding tert-OH is 1. The summed E-state index contributed by atoms with van der Waals surface area (Å²) in [6, 6.07) is 3.53. The van der Waals surface area contributed by atoms with E-state index < -0.39 is 6.10 Å². The summed E-state index contributed by atoms with van der Waals surface area (Å²) in [6.45, 7) is 4.04. The van der Waals surface area contributed by atoms with Crippen LogP contribution in [-0.2, 0) is 6.42 Å². The van der Waals surface area contributed by atoms with Crippen molar-refractivity contribution in [3.63, 3.8) is 0 Å². The summed E-state index contributed by atoms with van der Waals surface area (Å²) in [7, 11) is 0. The Balaban J connectivity index is 2.64. The smallest absolute Gasteiger partial charge is 0.0861 e. The highest BCUT2D eigenvalue weighted by Gasteiger charge is 2.40. The molecule has 0 bridgehead atoms. The van der Waals surface area contributed by atoms with Gasteiger partial charge in [0.25, 0.3) is 0 Å². The van der Waals surface area contributed by atoms with E-state index >= 15 is 0 Å². The maximum absolute atomic E-state index is 10.1. The van der Waals surface area contributed by atoms with Gasteiger partial charge in [0.15, 0.2) is 0 Å². The normalized spacial score (nSPS) is 23.6. The van der Waals surface area contributed by atoms with Crippen molar-refractivity contribution in [2.24, 2.45) is 5.41 Å². The molecule has 1 aromatic rings. The minimum Gasteiger partial charge on any atom is -0.388 e. The molecule has 14 heavy (non-hydrogen) atoms. The second-order valence-corrected chi connectivity index (χ2v) is 5.30. The van der Waals surface area contributed by atoms with Gasteiger partial charge in [0.2, 0.25) is 0 Å². The molecule has 0 heterocycles. The molecule has 1 nitrogen and oxygen atoms in total. The summed E-state index contributed by atoms with van der Waals surface area (Å²) in [6.07, 6.45) is 0.270. The number of hydrogen-bond acceptors (Lipinski definition) is 1. The predicted octanol–water partition coefficient (Wildman–Crippen LogP) is 3.61. The van der Waals surface area contributed by atoms with Crippen LogP contribution in [0.4, 0.5) is 0 Å². The number of hydrogen-bond donors (Lipinski definition) is 1. The van der Waals surface area contributed by atoms with Gasteiger partial charge in [0, 0.05) is 15.6 Å². The Morgan fingerprint density at radius 3 is 2.43 bits per heavy atom. The third-order valence-corrected chi connectivity index (χ3v) is 3.58. The van der Waals surface area contributed by atoms with Crippen molar-refractivity contribution in [1.82, 2.24) is 0 Å². The zero-order valence-electron chi connectivity index (χ0n) is 8.14. The minimum atomic E-state index is -0.510. The Morgan fingerprint density at radius 1 is 1.29 bits per heavy atom. The average Bonchev–Trinajstić information content (AvgIpc) is 2.33. The van der Waals surface area contributed by atoms with E-state index in [4.69, 9.17) is 23.2 Å². The van der Waals surface area contributed by atoms with Gasteiger partial charge in [-0.3, -0.25) is 0 Å². The predicted molar refractivity (Wildman–Crippen MR) is 58.9 cm³/mol. The first-order valence-electron chi connectivity index (χ1n) is 4.58. The molecule has 0 saturated heterocycles. The van der Waals surface area contributed by atoms with E-state index in [0.29, 0.717) is 10.0 Å². The van der Waals surface area contributed by atoms with Crippen molar-refractivity contribution in [2.75, 3.05) is 0 Å². The van der Waals surface area contributed by atoms with E-state index in [0.717, 1.165) is 17.5 Å². The van der Waals surface area contributed by atoms with Crippen molar-refractivity contribution in [3.05, 3.63) is 33.3 Å². The Bertz CT molecular complexity index is 385. The third kappa shape index (κ3) is 1.35. The SMILES string of the molecule is CC1(C)Cc2c(Cl)ccc(Cl)c2C1O. The topological polar surface area (TPSA) is 20.2 Å². The summed E-state index contributed by atoms with van der Waals surface area (Å²) in [4.78, 5) is 0. The molecule has 0 radical (unpaired) electrons. The first kappa shape index (κ1) is 10.3. The molecule has 0 spiro atoms. The Labute approximate surface area is 93.7 Å². The van der Waals surface area contributed by atoms with Gasteiger partial charge in [-0.25, -0.2) is 0 Å². The molecule has 0 amide bonds. The number of fused-ring (bicyclic) bond motifs is 1. The van der Waals surface area contributed by atoms with Gasteiger partial charge in [-0.05, 0) is 29.5 Å². The molecule has 3 heteroatoms. The van der Waals surface area contributed by atoms with Gasteiger partial charge in [0.1, 0.15) is 0 Å². The maximum Gasteiger partial charge on any atom is 0.0861 e. The lowest BCUT2D eigenvalue weighted by Crippen LogP contribution is -2.16. The first-order valence-corrected chi connectivity index (χ1v) is 5.34. The molecule has 0 aliphatic heterocycles. The van der Waals surface area contributed by atoms with Gasteiger partial charge >= 0.3 is 0 Å². The van der Waals surface area contributed by atoms with Crippen molar-refractivity contribution < 1.29 is 5.11 Å². The van der Waals surface area contributed by atoms with E-state index in [1.807, 2.05) is 13.8 Å². The van der Waals surface area contributed by atoms with Gasteiger partial charge in [-0.1, -0.05) is 37.0 Å². The second-order valence-electron chi connectivity index (χ2n) is 4.49. The largest absolute Gasteiger partial charge is 0.388 e. The molecule has 0 fully saturated rings. The van der Waals surface area contributed by atoms with Crippen LogP contribution in [0, 0.1) is 5.41 Å². The lowest BCUT2D eigenvalue weighted by atomic mass is 9.87. The maximum atomic E-state index is 10.1. The summed E-state index contributed by atoms with van der Waals surface area (Å²) in [5.41, 5.74) is 1.64. The van der Waals surface area contributed by atoms with Crippen molar-refractivity contribution in [3.8, 4) is 0 Å². The van der Waals surface area contributed by atoms with Crippen LogP contribution >= 0.6 is 23.2 Å². The summed E-state index contributed by atoms with van der Waals surface area (Å²) in [5, 5.41) is 11.4. The van der Waals surface area contributed by atoms with Crippen LogP contribution in [0.25, 0.3) is 0 Å². The summed E-state index contributed by atoms with van der Waals surface area (Å²) < 4.78 is 0. The van der Waals surface area contributed by atoms with Gasteiger partial charge in [0.05, 0.1) is 6.10 Å². The monoisotopic (exact) mass is 230 g/mol. The number of rotatable bonds is 0. The summed E-state index contributed by atoms with van der Waals surface area (Å²) >= 11 is 12.1. The quantitative estimate of drug-likeness (QED) is 0.723. The fourth-order valence-corrected chi connectivity index (χ4v) is 2.54. The molecule has 1 unspecified atom stereocenters. The van der Waals surface area contributed by atoms with Crippen molar-refractivity contribution >= 4 is 23.2 Å². The van der Waals surface area contributed by atoms with Crippen LogP contribution in [0.3, 0.4) is 0 Å². The van der Waals surface area contributed by atoms with E-state index in [1.165, 1.54) is 0 Å². The Morgan fingerprint density at radius 2 is 1.86 bits per heavy atom. The minimum absolute atomic E-state index is 0.170. The average molecular weight is 231 g/mol. The van der Waals surface area contributed by atoms with Crippen LogP contribution in [0.2, 0.25) is 10.0 Å². The second kappa shape index (κ2) is 3.13. The van der Waals surface area contributed by atoms with Crippen molar-refractivity contribution in [1.29, 1.82) is 0 Å². The summed E-state index contributed by atoms with van der Waals surface area (Å²) in [5.74, 6) is 0. The fourth-order valence-electron chi connectivity index (χ4n) is 2.03. The molecule has 1 aromatic carbocycles. The van der Waals surface area contributed by atoms with Crippen LogP contribution in [-0.4, -0.2) is 5.11 Å². The first-order chi connectivity index (χ1) is 6.43.